The van der Waals surface area contributed by atoms with Gasteiger partial charge in [-0.1, -0.05) is 38.1 Å². The molecule has 0 spiro atoms. The first kappa shape index (κ1) is 13.6. The van der Waals surface area contributed by atoms with E-state index >= 15 is 0 Å². The average molecular weight is 245 g/mol. The van der Waals surface area contributed by atoms with Crippen molar-refractivity contribution in [3.8, 4) is 0 Å². The fraction of sp³-hybridized carbons (Fsp3) is 0.647. The van der Waals surface area contributed by atoms with Crippen molar-refractivity contribution in [2.75, 3.05) is 6.54 Å². The Labute approximate surface area is 112 Å². The van der Waals surface area contributed by atoms with Gasteiger partial charge in [0.2, 0.25) is 0 Å². The Hall–Kier alpha value is -0.820. The van der Waals surface area contributed by atoms with Crippen molar-refractivity contribution in [2.24, 2.45) is 23.0 Å². The lowest BCUT2D eigenvalue weighted by Crippen LogP contribution is -2.35. The molecule has 2 N–H and O–H groups in total. The van der Waals surface area contributed by atoms with Crippen LogP contribution in [0.2, 0.25) is 0 Å². The number of nitrogens with two attached hydrogens (primary N) is 1. The number of hydrogen-bond acceptors (Lipinski definition) is 1. The Balaban J connectivity index is 2.12. The van der Waals surface area contributed by atoms with Crippen molar-refractivity contribution >= 4 is 0 Å². The highest BCUT2D eigenvalue weighted by molar-refractivity contribution is 5.26. The molecular weight excluding hydrogens is 218 g/mol. The van der Waals surface area contributed by atoms with Crippen LogP contribution in [0.1, 0.15) is 44.2 Å². The number of benzene rings is 1. The van der Waals surface area contributed by atoms with Gasteiger partial charge in [-0.2, -0.15) is 0 Å². The first-order valence-electron chi connectivity index (χ1n) is 7.26. The molecule has 1 aromatic carbocycles. The summed E-state index contributed by atoms with van der Waals surface area (Å²) < 4.78 is 0. The lowest BCUT2D eigenvalue weighted by molar-refractivity contribution is 0.121. The van der Waals surface area contributed by atoms with Gasteiger partial charge in [0.15, 0.2) is 0 Å². The van der Waals surface area contributed by atoms with Gasteiger partial charge >= 0.3 is 0 Å². The van der Waals surface area contributed by atoms with Gasteiger partial charge in [0.25, 0.3) is 0 Å². The van der Waals surface area contributed by atoms with E-state index in [1.54, 1.807) is 0 Å². The summed E-state index contributed by atoms with van der Waals surface area (Å²) in [6, 6.07) is 8.79. The first-order chi connectivity index (χ1) is 8.52. The van der Waals surface area contributed by atoms with Crippen LogP contribution in [0.15, 0.2) is 24.3 Å². The third-order valence-corrected chi connectivity index (χ3v) is 4.72. The Morgan fingerprint density at radius 1 is 1.22 bits per heavy atom. The van der Waals surface area contributed by atoms with Crippen molar-refractivity contribution < 1.29 is 0 Å². The Morgan fingerprint density at radius 3 is 2.61 bits per heavy atom. The van der Waals surface area contributed by atoms with Crippen molar-refractivity contribution in [1.82, 2.24) is 0 Å². The SMILES string of the molecule is Cc1ccccc1CC1CC(C)(C)CCC1CN. The van der Waals surface area contributed by atoms with E-state index in [-0.39, 0.29) is 0 Å². The van der Waals surface area contributed by atoms with Crippen LogP contribution in [0.5, 0.6) is 0 Å². The van der Waals surface area contributed by atoms with Gasteiger partial charge in [-0.3, -0.25) is 0 Å². The van der Waals surface area contributed by atoms with Crippen LogP contribution in [0.4, 0.5) is 0 Å². The molecule has 0 heterocycles. The lowest BCUT2D eigenvalue weighted by atomic mass is 9.65. The molecule has 1 aromatic rings. The lowest BCUT2D eigenvalue weighted by Gasteiger charge is -2.40. The smallest absolute Gasteiger partial charge is 0.00461 e. The molecule has 2 rings (SSSR count). The summed E-state index contributed by atoms with van der Waals surface area (Å²) in [4.78, 5) is 0. The van der Waals surface area contributed by atoms with E-state index in [1.807, 2.05) is 0 Å². The van der Waals surface area contributed by atoms with Crippen LogP contribution < -0.4 is 5.73 Å². The van der Waals surface area contributed by atoms with Gasteiger partial charge in [-0.25, -0.2) is 0 Å². The van der Waals surface area contributed by atoms with Crippen LogP contribution in [0.3, 0.4) is 0 Å². The van der Waals surface area contributed by atoms with Crippen molar-refractivity contribution in [2.45, 2.75) is 46.5 Å². The van der Waals surface area contributed by atoms with Gasteiger partial charge in [-0.15, -0.1) is 0 Å². The van der Waals surface area contributed by atoms with Gasteiger partial charge in [0.1, 0.15) is 0 Å². The largest absolute Gasteiger partial charge is 0.330 e. The first-order valence-corrected chi connectivity index (χ1v) is 7.26. The summed E-state index contributed by atoms with van der Waals surface area (Å²) in [5, 5.41) is 0. The Kier molecular flexibility index (Phi) is 4.11. The molecule has 0 aliphatic heterocycles. The maximum atomic E-state index is 5.97. The summed E-state index contributed by atoms with van der Waals surface area (Å²) in [6.45, 7) is 7.89. The van der Waals surface area contributed by atoms with E-state index in [2.05, 4.69) is 45.0 Å². The highest BCUT2D eigenvalue weighted by atomic mass is 14.6. The third-order valence-electron chi connectivity index (χ3n) is 4.72. The molecule has 1 aliphatic carbocycles. The third kappa shape index (κ3) is 3.14. The minimum atomic E-state index is 0.499. The van der Waals surface area contributed by atoms with E-state index < -0.39 is 0 Å². The molecule has 1 aliphatic rings. The van der Waals surface area contributed by atoms with Gasteiger partial charge in [0.05, 0.1) is 0 Å². The van der Waals surface area contributed by atoms with Crippen molar-refractivity contribution in [3.63, 3.8) is 0 Å². The van der Waals surface area contributed by atoms with Crippen LogP contribution in [0.25, 0.3) is 0 Å². The number of rotatable bonds is 3. The predicted molar refractivity (Wildman–Crippen MR) is 78.5 cm³/mol. The Morgan fingerprint density at radius 2 is 1.94 bits per heavy atom. The maximum Gasteiger partial charge on any atom is -0.00461 e. The summed E-state index contributed by atoms with van der Waals surface area (Å²) >= 11 is 0. The van der Waals surface area contributed by atoms with E-state index in [9.17, 15) is 0 Å². The standard InChI is InChI=1S/C17H27N/c1-13-6-4-5-7-14(13)10-16-11-17(2,3)9-8-15(16)12-18/h4-7,15-16H,8-12,18H2,1-3H3. The van der Waals surface area contributed by atoms with E-state index in [0.717, 1.165) is 18.4 Å². The van der Waals surface area contributed by atoms with E-state index in [1.165, 1.54) is 36.8 Å². The second-order valence-corrected chi connectivity index (χ2v) is 6.79. The average Bonchev–Trinajstić information content (AvgIpc) is 2.31. The fourth-order valence-electron chi connectivity index (χ4n) is 3.46. The Bertz CT molecular complexity index is 394. The molecule has 100 valence electrons. The number of aryl methyl sites for hydroxylation is 1. The van der Waals surface area contributed by atoms with Crippen LogP contribution in [0, 0.1) is 24.2 Å². The zero-order valence-corrected chi connectivity index (χ0v) is 12.1. The summed E-state index contributed by atoms with van der Waals surface area (Å²) in [6.07, 6.45) is 5.17. The number of hydrogen-bond donors (Lipinski definition) is 1. The fourth-order valence-corrected chi connectivity index (χ4v) is 3.46. The molecule has 1 fully saturated rings. The molecule has 1 saturated carbocycles. The minimum Gasteiger partial charge on any atom is -0.330 e. The molecule has 18 heavy (non-hydrogen) atoms. The second-order valence-electron chi connectivity index (χ2n) is 6.79. The molecule has 0 radical (unpaired) electrons. The van der Waals surface area contributed by atoms with Crippen molar-refractivity contribution in [3.05, 3.63) is 35.4 Å². The molecule has 0 amide bonds. The molecule has 0 saturated heterocycles. The maximum absolute atomic E-state index is 5.97. The molecule has 2 atom stereocenters. The van der Waals surface area contributed by atoms with Crippen LogP contribution in [-0.2, 0) is 6.42 Å². The predicted octanol–water partition coefficient (Wildman–Crippen LogP) is 3.94. The van der Waals surface area contributed by atoms with E-state index in [4.69, 9.17) is 5.73 Å². The highest BCUT2D eigenvalue weighted by Gasteiger charge is 2.34. The van der Waals surface area contributed by atoms with E-state index in [0.29, 0.717) is 5.41 Å². The van der Waals surface area contributed by atoms with Gasteiger partial charge in [0, 0.05) is 0 Å². The molecule has 2 unspecified atom stereocenters. The normalized spacial score (nSPS) is 27.1. The molecule has 1 nitrogen and oxygen atoms in total. The van der Waals surface area contributed by atoms with Gasteiger partial charge < -0.3 is 5.73 Å². The topological polar surface area (TPSA) is 26.0 Å². The second kappa shape index (κ2) is 5.44. The monoisotopic (exact) mass is 245 g/mol. The highest BCUT2D eigenvalue weighted by Crippen LogP contribution is 2.42. The molecular formula is C17H27N. The minimum absolute atomic E-state index is 0.499. The summed E-state index contributed by atoms with van der Waals surface area (Å²) in [5.41, 5.74) is 9.41. The summed E-state index contributed by atoms with van der Waals surface area (Å²) in [5.74, 6) is 1.48. The molecule has 0 bridgehead atoms. The van der Waals surface area contributed by atoms with Crippen LogP contribution >= 0.6 is 0 Å². The van der Waals surface area contributed by atoms with Crippen molar-refractivity contribution in [1.29, 1.82) is 0 Å². The van der Waals surface area contributed by atoms with Gasteiger partial charge in [-0.05, 0) is 67.5 Å². The van der Waals surface area contributed by atoms with Crippen LogP contribution in [-0.4, -0.2) is 6.54 Å². The summed E-state index contributed by atoms with van der Waals surface area (Å²) in [7, 11) is 0. The zero-order chi connectivity index (χ0) is 13.2. The quantitative estimate of drug-likeness (QED) is 0.857. The zero-order valence-electron chi connectivity index (χ0n) is 12.1. The molecule has 1 heteroatoms. The molecule has 0 aromatic heterocycles.